The first-order chi connectivity index (χ1) is 8.70. The van der Waals surface area contributed by atoms with Gasteiger partial charge in [-0.3, -0.25) is 9.80 Å². The molecule has 0 aromatic carbocycles. The lowest BCUT2D eigenvalue weighted by Gasteiger charge is -2.48. The van der Waals surface area contributed by atoms with Crippen LogP contribution in [-0.2, 0) is 0 Å². The van der Waals surface area contributed by atoms with Crippen molar-refractivity contribution in [3.63, 3.8) is 0 Å². The smallest absolute Gasteiger partial charge is 0.0223 e. The van der Waals surface area contributed by atoms with Gasteiger partial charge in [0, 0.05) is 31.7 Å². The van der Waals surface area contributed by atoms with Gasteiger partial charge in [-0.05, 0) is 45.3 Å². The average molecular weight is 253 g/mol. The van der Waals surface area contributed by atoms with Gasteiger partial charge in [0.2, 0.25) is 0 Å². The topological polar surface area (TPSA) is 18.5 Å². The molecule has 18 heavy (non-hydrogen) atoms. The number of rotatable bonds is 5. The summed E-state index contributed by atoms with van der Waals surface area (Å²) in [5, 5.41) is 3.47. The van der Waals surface area contributed by atoms with Gasteiger partial charge in [-0.25, -0.2) is 0 Å². The van der Waals surface area contributed by atoms with Crippen molar-refractivity contribution in [2.75, 3.05) is 39.3 Å². The van der Waals surface area contributed by atoms with Crippen molar-refractivity contribution in [2.24, 2.45) is 5.92 Å². The summed E-state index contributed by atoms with van der Waals surface area (Å²) in [6.07, 6.45) is 4.28. The quantitative estimate of drug-likeness (QED) is 0.806. The van der Waals surface area contributed by atoms with E-state index < -0.39 is 0 Å². The highest BCUT2D eigenvalue weighted by atomic mass is 15.3. The van der Waals surface area contributed by atoms with Crippen molar-refractivity contribution in [1.82, 2.24) is 15.1 Å². The lowest BCUT2D eigenvalue weighted by Crippen LogP contribution is -2.59. The van der Waals surface area contributed by atoms with Gasteiger partial charge in [-0.2, -0.15) is 0 Å². The van der Waals surface area contributed by atoms with Crippen LogP contribution in [0.15, 0.2) is 0 Å². The Morgan fingerprint density at radius 2 is 2.11 bits per heavy atom. The van der Waals surface area contributed by atoms with E-state index in [0.29, 0.717) is 0 Å². The molecule has 0 aromatic rings. The van der Waals surface area contributed by atoms with Gasteiger partial charge in [-0.1, -0.05) is 20.3 Å². The van der Waals surface area contributed by atoms with E-state index in [0.717, 1.165) is 31.1 Å². The number of hydrogen-bond acceptors (Lipinski definition) is 3. The van der Waals surface area contributed by atoms with E-state index in [1.54, 1.807) is 0 Å². The Labute approximate surface area is 113 Å². The molecule has 2 aliphatic rings. The maximum absolute atomic E-state index is 3.47. The molecule has 2 aliphatic heterocycles. The van der Waals surface area contributed by atoms with Crippen LogP contribution in [0.4, 0.5) is 0 Å². The molecule has 0 spiro atoms. The third-order valence-corrected chi connectivity index (χ3v) is 4.61. The highest BCUT2D eigenvalue weighted by Crippen LogP contribution is 2.24. The largest absolute Gasteiger partial charge is 0.317 e. The summed E-state index contributed by atoms with van der Waals surface area (Å²) in [7, 11) is 0. The van der Waals surface area contributed by atoms with Gasteiger partial charge in [0.05, 0.1) is 0 Å². The average Bonchev–Trinajstić information content (AvgIpc) is 2.37. The minimum Gasteiger partial charge on any atom is -0.317 e. The first kappa shape index (κ1) is 14.3. The normalized spacial score (nSPS) is 32.2. The standard InChI is InChI=1S/C15H31N3/c1-4-16-9-13(2)10-18-12-15-7-5-6-8-17(15)11-14(18)3/h13-16H,4-12H2,1-3H3. The molecule has 0 radical (unpaired) electrons. The Morgan fingerprint density at radius 3 is 2.89 bits per heavy atom. The van der Waals surface area contributed by atoms with Gasteiger partial charge < -0.3 is 5.32 Å². The molecule has 2 saturated heterocycles. The Morgan fingerprint density at radius 1 is 1.28 bits per heavy atom. The third kappa shape index (κ3) is 3.69. The van der Waals surface area contributed by atoms with Crippen LogP contribution in [0.2, 0.25) is 0 Å². The Balaban J connectivity index is 1.81. The van der Waals surface area contributed by atoms with Crippen LogP contribution in [0.5, 0.6) is 0 Å². The van der Waals surface area contributed by atoms with Gasteiger partial charge in [0.25, 0.3) is 0 Å². The summed E-state index contributed by atoms with van der Waals surface area (Å²) in [5.41, 5.74) is 0. The molecule has 0 amide bonds. The summed E-state index contributed by atoms with van der Waals surface area (Å²) >= 11 is 0. The Hall–Kier alpha value is -0.120. The number of fused-ring (bicyclic) bond motifs is 1. The van der Waals surface area contributed by atoms with Crippen molar-refractivity contribution < 1.29 is 0 Å². The predicted molar refractivity (Wildman–Crippen MR) is 78.0 cm³/mol. The van der Waals surface area contributed by atoms with Crippen LogP contribution >= 0.6 is 0 Å². The Bertz CT molecular complexity index is 244. The molecule has 0 aromatic heterocycles. The number of nitrogens with zero attached hydrogens (tertiary/aromatic N) is 2. The highest BCUT2D eigenvalue weighted by Gasteiger charge is 2.33. The van der Waals surface area contributed by atoms with E-state index in [1.165, 1.54) is 45.4 Å². The molecule has 0 saturated carbocycles. The zero-order valence-corrected chi connectivity index (χ0v) is 12.5. The van der Waals surface area contributed by atoms with E-state index in [4.69, 9.17) is 0 Å². The van der Waals surface area contributed by atoms with Crippen molar-refractivity contribution in [1.29, 1.82) is 0 Å². The number of piperazine rings is 1. The monoisotopic (exact) mass is 253 g/mol. The van der Waals surface area contributed by atoms with Gasteiger partial charge in [0.1, 0.15) is 0 Å². The summed E-state index contributed by atoms with van der Waals surface area (Å²) in [5.74, 6) is 0.766. The predicted octanol–water partition coefficient (Wildman–Crippen LogP) is 1.79. The van der Waals surface area contributed by atoms with Crippen LogP contribution < -0.4 is 5.32 Å². The first-order valence-corrected chi connectivity index (χ1v) is 7.89. The second kappa shape index (κ2) is 6.88. The zero-order valence-electron chi connectivity index (χ0n) is 12.5. The fourth-order valence-corrected chi connectivity index (χ4v) is 3.52. The van der Waals surface area contributed by atoms with Gasteiger partial charge in [0.15, 0.2) is 0 Å². The molecule has 2 heterocycles. The molecule has 2 rings (SSSR count). The number of piperidine rings is 1. The summed E-state index contributed by atoms with van der Waals surface area (Å²) in [6.45, 7) is 14.4. The molecule has 3 unspecified atom stereocenters. The molecule has 3 heteroatoms. The lowest BCUT2D eigenvalue weighted by molar-refractivity contribution is 0.00895. The van der Waals surface area contributed by atoms with Crippen molar-refractivity contribution in [2.45, 2.75) is 52.1 Å². The molecule has 1 N–H and O–H groups in total. The lowest BCUT2D eigenvalue weighted by atomic mass is 9.96. The van der Waals surface area contributed by atoms with Crippen LogP contribution in [0.3, 0.4) is 0 Å². The van der Waals surface area contributed by atoms with Crippen LogP contribution in [-0.4, -0.2) is 61.2 Å². The molecule has 0 bridgehead atoms. The number of nitrogens with one attached hydrogen (secondary N) is 1. The van der Waals surface area contributed by atoms with Crippen molar-refractivity contribution in [3.8, 4) is 0 Å². The van der Waals surface area contributed by atoms with E-state index in [9.17, 15) is 0 Å². The SMILES string of the molecule is CCNCC(C)CN1CC2CCCCN2CC1C. The van der Waals surface area contributed by atoms with Crippen LogP contribution in [0.25, 0.3) is 0 Å². The molecule has 3 nitrogen and oxygen atoms in total. The summed E-state index contributed by atoms with van der Waals surface area (Å²) < 4.78 is 0. The fourth-order valence-electron chi connectivity index (χ4n) is 3.52. The molecule has 3 atom stereocenters. The molecular weight excluding hydrogens is 222 g/mol. The van der Waals surface area contributed by atoms with E-state index in [1.807, 2.05) is 0 Å². The van der Waals surface area contributed by atoms with Gasteiger partial charge >= 0.3 is 0 Å². The number of hydrogen-bond donors (Lipinski definition) is 1. The van der Waals surface area contributed by atoms with E-state index >= 15 is 0 Å². The fraction of sp³-hybridized carbons (Fsp3) is 1.00. The van der Waals surface area contributed by atoms with E-state index in [-0.39, 0.29) is 0 Å². The molecule has 0 aliphatic carbocycles. The highest BCUT2D eigenvalue weighted by molar-refractivity contribution is 4.89. The molecule has 2 fully saturated rings. The molecular formula is C15H31N3. The van der Waals surface area contributed by atoms with Crippen molar-refractivity contribution >= 4 is 0 Å². The minimum atomic E-state index is 0.739. The van der Waals surface area contributed by atoms with Gasteiger partial charge in [-0.15, -0.1) is 0 Å². The maximum Gasteiger partial charge on any atom is 0.0223 e. The van der Waals surface area contributed by atoms with E-state index in [2.05, 4.69) is 35.9 Å². The zero-order chi connectivity index (χ0) is 13.0. The van der Waals surface area contributed by atoms with Crippen LogP contribution in [0, 0.1) is 5.92 Å². The second-order valence-corrected chi connectivity index (χ2v) is 6.36. The third-order valence-electron chi connectivity index (χ3n) is 4.61. The minimum absolute atomic E-state index is 0.739. The summed E-state index contributed by atoms with van der Waals surface area (Å²) in [4.78, 5) is 5.47. The van der Waals surface area contributed by atoms with Crippen LogP contribution in [0.1, 0.15) is 40.0 Å². The Kier molecular flexibility index (Phi) is 5.46. The molecule has 106 valence electrons. The van der Waals surface area contributed by atoms with Crippen molar-refractivity contribution in [3.05, 3.63) is 0 Å². The first-order valence-electron chi connectivity index (χ1n) is 7.89. The second-order valence-electron chi connectivity index (χ2n) is 6.36. The summed E-state index contributed by atoms with van der Waals surface area (Å²) in [6, 6.07) is 1.59. The maximum atomic E-state index is 3.47.